The number of hydrogen-bond donors (Lipinski definition) is 2. The van der Waals surface area contributed by atoms with Crippen LogP contribution in [0.5, 0.6) is 11.5 Å². The fourth-order valence-corrected chi connectivity index (χ4v) is 5.03. The van der Waals surface area contributed by atoms with Crippen molar-refractivity contribution < 1.29 is 19.4 Å². The largest absolute Gasteiger partial charge is 0.481 e. The van der Waals surface area contributed by atoms with E-state index in [0.29, 0.717) is 19.5 Å². The molecule has 0 aromatic heterocycles. The van der Waals surface area contributed by atoms with E-state index in [9.17, 15) is 14.7 Å². The van der Waals surface area contributed by atoms with Gasteiger partial charge in [0.25, 0.3) is 0 Å². The minimum Gasteiger partial charge on any atom is -0.481 e. The molecule has 2 N–H and O–H groups in total. The van der Waals surface area contributed by atoms with Crippen LogP contribution in [-0.2, 0) is 9.59 Å². The number of carboxylic acid groups (broad SMARTS) is 1. The molecule has 1 saturated carbocycles. The molecule has 31 heavy (non-hydrogen) atoms. The maximum atomic E-state index is 13.2. The molecule has 0 radical (unpaired) electrons. The van der Waals surface area contributed by atoms with Crippen molar-refractivity contribution in [3.05, 3.63) is 60.2 Å². The second-order valence-corrected chi connectivity index (χ2v) is 9.26. The van der Waals surface area contributed by atoms with Crippen LogP contribution in [0, 0.1) is 11.3 Å². The van der Waals surface area contributed by atoms with E-state index in [0.717, 1.165) is 37.3 Å². The minimum absolute atomic E-state index is 0.0607. The average molecular weight is 421 g/mol. The van der Waals surface area contributed by atoms with Crippen LogP contribution in [0.2, 0.25) is 0 Å². The third kappa shape index (κ3) is 4.17. The van der Waals surface area contributed by atoms with E-state index in [1.54, 1.807) is 0 Å². The third-order valence-electron chi connectivity index (χ3n) is 7.12. The Morgan fingerprint density at radius 2 is 1.74 bits per heavy atom. The Bertz CT molecular complexity index is 955. The van der Waals surface area contributed by atoms with Gasteiger partial charge < -0.3 is 20.1 Å². The standard InChI is InChI=1S/C25H28N2O4/c28-23(22-21(24(29)30)14-25(11-12-25)16-26-22)27-13-10-18(15-27)17-6-8-20(9-7-17)31-19-4-2-1-3-5-19/h1-9,18,21-22,26H,10-16H2,(H,29,30). The second kappa shape index (κ2) is 8.00. The van der Waals surface area contributed by atoms with Crippen molar-refractivity contribution >= 4 is 11.9 Å². The number of nitrogens with one attached hydrogen (secondary N) is 1. The highest BCUT2D eigenvalue weighted by Crippen LogP contribution is 2.52. The molecule has 6 heteroatoms. The summed E-state index contributed by atoms with van der Waals surface area (Å²) in [5.41, 5.74) is 1.30. The molecule has 2 aromatic rings. The first-order valence-corrected chi connectivity index (χ1v) is 11.1. The van der Waals surface area contributed by atoms with Crippen LogP contribution in [0.1, 0.15) is 37.2 Å². The second-order valence-electron chi connectivity index (χ2n) is 9.26. The van der Waals surface area contributed by atoms with Crippen molar-refractivity contribution in [1.82, 2.24) is 10.2 Å². The quantitative estimate of drug-likeness (QED) is 0.772. The summed E-state index contributed by atoms with van der Waals surface area (Å²) in [5, 5.41) is 13.0. The topological polar surface area (TPSA) is 78.9 Å². The van der Waals surface area contributed by atoms with Crippen LogP contribution in [0.15, 0.2) is 54.6 Å². The summed E-state index contributed by atoms with van der Waals surface area (Å²) in [4.78, 5) is 26.8. The van der Waals surface area contributed by atoms with Gasteiger partial charge >= 0.3 is 5.97 Å². The van der Waals surface area contributed by atoms with E-state index in [2.05, 4.69) is 17.4 Å². The van der Waals surface area contributed by atoms with Gasteiger partial charge in [0.2, 0.25) is 5.91 Å². The number of amides is 1. The molecule has 3 unspecified atom stereocenters. The molecule has 1 spiro atoms. The zero-order valence-electron chi connectivity index (χ0n) is 17.5. The molecule has 2 heterocycles. The number of benzene rings is 2. The number of carbonyl (C=O) groups excluding carboxylic acids is 1. The van der Waals surface area contributed by atoms with E-state index in [1.807, 2.05) is 47.4 Å². The van der Waals surface area contributed by atoms with Crippen LogP contribution in [0.25, 0.3) is 0 Å². The molecular formula is C25H28N2O4. The first kappa shape index (κ1) is 20.1. The van der Waals surface area contributed by atoms with Gasteiger partial charge in [0.15, 0.2) is 0 Å². The maximum Gasteiger partial charge on any atom is 0.308 e. The van der Waals surface area contributed by atoms with E-state index in [1.165, 1.54) is 5.56 Å². The van der Waals surface area contributed by atoms with Crippen LogP contribution in [0.3, 0.4) is 0 Å². The number of piperidine rings is 1. The molecule has 162 valence electrons. The number of carbonyl (C=O) groups is 2. The highest BCUT2D eigenvalue weighted by Gasteiger charge is 2.53. The Balaban J connectivity index is 1.21. The van der Waals surface area contributed by atoms with Gasteiger partial charge in [-0.1, -0.05) is 30.3 Å². The first-order chi connectivity index (χ1) is 15.0. The van der Waals surface area contributed by atoms with Crippen molar-refractivity contribution in [3.63, 3.8) is 0 Å². The van der Waals surface area contributed by atoms with E-state index in [-0.39, 0.29) is 17.2 Å². The van der Waals surface area contributed by atoms with E-state index >= 15 is 0 Å². The van der Waals surface area contributed by atoms with Gasteiger partial charge in [-0.05, 0) is 60.9 Å². The van der Waals surface area contributed by atoms with E-state index in [4.69, 9.17) is 4.74 Å². The Morgan fingerprint density at radius 1 is 1.03 bits per heavy atom. The van der Waals surface area contributed by atoms with Crippen molar-refractivity contribution in [2.75, 3.05) is 19.6 Å². The number of rotatable bonds is 5. The van der Waals surface area contributed by atoms with Crippen LogP contribution >= 0.6 is 0 Å². The number of hydrogen-bond acceptors (Lipinski definition) is 4. The molecule has 3 atom stereocenters. The summed E-state index contributed by atoms with van der Waals surface area (Å²) in [7, 11) is 0. The lowest BCUT2D eigenvalue weighted by Gasteiger charge is -2.36. The van der Waals surface area contributed by atoms with Gasteiger partial charge in [0.05, 0.1) is 5.92 Å². The summed E-state index contributed by atoms with van der Waals surface area (Å²) in [5.74, 6) is 0.295. The van der Waals surface area contributed by atoms with E-state index < -0.39 is 17.9 Å². The van der Waals surface area contributed by atoms with Crippen LogP contribution in [0.4, 0.5) is 0 Å². The van der Waals surface area contributed by atoms with Crippen molar-refractivity contribution in [1.29, 1.82) is 0 Å². The lowest BCUT2D eigenvalue weighted by Crippen LogP contribution is -2.57. The molecule has 6 nitrogen and oxygen atoms in total. The van der Waals surface area contributed by atoms with Gasteiger partial charge in [-0.2, -0.15) is 0 Å². The molecule has 2 aromatic carbocycles. The predicted octanol–water partition coefficient (Wildman–Crippen LogP) is 3.64. The summed E-state index contributed by atoms with van der Waals surface area (Å²) in [6, 6.07) is 17.1. The Kier molecular flexibility index (Phi) is 5.18. The summed E-state index contributed by atoms with van der Waals surface area (Å²) < 4.78 is 5.86. The number of likely N-dealkylation sites (tertiary alicyclic amines) is 1. The van der Waals surface area contributed by atoms with Crippen molar-refractivity contribution in [2.45, 2.75) is 37.6 Å². The molecule has 0 bridgehead atoms. The van der Waals surface area contributed by atoms with Gasteiger partial charge in [0, 0.05) is 25.6 Å². The van der Waals surface area contributed by atoms with Crippen molar-refractivity contribution in [3.8, 4) is 11.5 Å². The average Bonchev–Trinajstić information content (AvgIpc) is 3.34. The normalized spacial score (nSPS) is 26.6. The van der Waals surface area contributed by atoms with Crippen LogP contribution < -0.4 is 10.1 Å². The molecule has 2 saturated heterocycles. The molecule has 3 aliphatic rings. The summed E-state index contributed by atoms with van der Waals surface area (Å²) in [6.07, 6.45) is 3.64. The fraction of sp³-hybridized carbons (Fsp3) is 0.440. The molecule has 3 fully saturated rings. The van der Waals surface area contributed by atoms with Gasteiger partial charge in [0.1, 0.15) is 17.5 Å². The third-order valence-corrected chi connectivity index (χ3v) is 7.12. The van der Waals surface area contributed by atoms with Crippen LogP contribution in [-0.4, -0.2) is 47.6 Å². The Hall–Kier alpha value is -2.86. The number of ether oxygens (including phenoxy) is 1. The number of carboxylic acids is 1. The SMILES string of the molecule is O=C(O)C1CC2(CC2)CNC1C(=O)N1CCC(c2ccc(Oc3ccccc3)cc2)C1. The molecule has 1 aliphatic carbocycles. The highest BCUT2D eigenvalue weighted by atomic mass is 16.5. The number of para-hydroxylation sites is 1. The van der Waals surface area contributed by atoms with Crippen molar-refractivity contribution in [2.24, 2.45) is 11.3 Å². The summed E-state index contributed by atoms with van der Waals surface area (Å²) in [6.45, 7) is 2.06. The van der Waals surface area contributed by atoms with Gasteiger partial charge in [-0.25, -0.2) is 0 Å². The van der Waals surface area contributed by atoms with Gasteiger partial charge in [-0.15, -0.1) is 0 Å². The zero-order chi connectivity index (χ0) is 21.4. The first-order valence-electron chi connectivity index (χ1n) is 11.1. The molecule has 2 aliphatic heterocycles. The van der Waals surface area contributed by atoms with Gasteiger partial charge in [-0.3, -0.25) is 9.59 Å². The minimum atomic E-state index is -0.860. The lowest BCUT2D eigenvalue weighted by molar-refractivity contribution is -0.150. The maximum absolute atomic E-state index is 13.2. The summed E-state index contributed by atoms with van der Waals surface area (Å²) >= 11 is 0. The predicted molar refractivity (Wildman–Crippen MR) is 116 cm³/mol. The monoisotopic (exact) mass is 420 g/mol. The molecule has 5 rings (SSSR count). The smallest absolute Gasteiger partial charge is 0.308 e. The molecule has 1 amide bonds. The Morgan fingerprint density at radius 3 is 2.42 bits per heavy atom. The number of aliphatic carboxylic acids is 1. The lowest BCUT2D eigenvalue weighted by atomic mass is 9.82. The highest BCUT2D eigenvalue weighted by molar-refractivity contribution is 5.88. The molecular weight excluding hydrogens is 392 g/mol. The fourth-order valence-electron chi connectivity index (χ4n) is 5.03. The zero-order valence-corrected chi connectivity index (χ0v) is 17.5. The Labute approximate surface area is 182 Å². The number of nitrogens with zero attached hydrogens (tertiary/aromatic N) is 1.